The second kappa shape index (κ2) is 7.11. The maximum Gasteiger partial charge on any atom is 0.171 e. The van der Waals surface area contributed by atoms with E-state index in [1.807, 2.05) is 30.3 Å². The average molecular weight is 435 g/mol. The summed E-state index contributed by atoms with van der Waals surface area (Å²) in [6.45, 7) is 1.54. The van der Waals surface area contributed by atoms with Crippen LogP contribution in [0.25, 0.3) is 32.6 Å². The Kier molecular flexibility index (Phi) is 4.53. The van der Waals surface area contributed by atoms with Crippen LogP contribution in [0.15, 0.2) is 42.5 Å². The van der Waals surface area contributed by atoms with Gasteiger partial charge in [0.25, 0.3) is 0 Å². The summed E-state index contributed by atoms with van der Waals surface area (Å²) < 4.78 is 5.40. The zero-order chi connectivity index (χ0) is 21.0. The monoisotopic (exact) mass is 434 g/mol. The van der Waals surface area contributed by atoms with Crippen molar-refractivity contribution >= 4 is 44.6 Å². The van der Waals surface area contributed by atoms with E-state index in [9.17, 15) is 4.79 Å². The average Bonchev–Trinajstić information content (AvgIpc) is 3.08. The summed E-state index contributed by atoms with van der Waals surface area (Å²) in [6.07, 6.45) is 1.68. The summed E-state index contributed by atoms with van der Waals surface area (Å²) in [7, 11) is 1.67. The normalized spacial score (nSPS) is 12.5. The van der Waals surface area contributed by atoms with Crippen LogP contribution < -0.4 is 10.5 Å². The highest BCUT2D eigenvalue weighted by Crippen LogP contribution is 2.48. The van der Waals surface area contributed by atoms with Gasteiger partial charge in [-0.05, 0) is 48.2 Å². The molecule has 2 heterocycles. The molecule has 150 valence electrons. The van der Waals surface area contributed by atoms with Gasteiger partial charge >= 0.3 is 0 Å². The van der Waals surface area contributed by atoms with Gasteiger partial charge in [0.05, 0.1) is 23.4 Å². The molecular formula is C24H19ClN2O2S. The number of Topliss-reactive ketones (excluding diaryl/α,β-unsaturated/α-hetero) is 1. The highest BCUT2D eigenvalue weighted by molar-refractivity contribution is 7.21. The van der Waals surface area contributed by atoms with E-state index >= 15 is 0 Å². The first-order valence-corrected chi connectivity index (χ1v) is 10.9. The van der Waals surface area contributed by atoms with E-state index in [0.29, 0.717) is 15.6 Å². The van der Waals surface area contributed by atoms with E-state index in [0.717, 1.165) is 56.8 Å². The maximum absolute atomic E-state index is 12.2. The number of aromatic nitrogens is 1. The number of nitrogens with zero attached hydrogens (tertiary/aromatic N) is 1. The van der Waals surface area contributed by atoms with E-state index in [1.54, 1.807) is 7.11 Å². The van der Waals surface area contributed by atoms with Gasteiger partial charge < -0.3 is 10.5 Å². The van der Waals surface area contributed by atoms with E-state index in [-0.39, 0.29) is 5.78 Å². The number of anilines is 1. The number of ketones is 1. The minimum atomic E-state index is -0.0521. The minimum Gasteiger partial charge on any atom is -0.497 e. The lowest BCUT2D eigenvalue weighted by atomic mass is 9.83. The minimum absolute atomic E-state index is 0.0521. The molecular weight excluding hydrogens is 416 g/mol. The quantitative estimate of drug-likeness (QED) is 0.391. The van der Waals surface area contributed by atoms with Crippen LogP contribution in [0.1, 0.15) is 27.7 Å². The Balaban J connectivity index is 1.91. The maximum atomic E-state index is 12.2. The van der Waals surface area contributed by atoms with Crippen LogP contribution in [0.4, 0.5) is 5.69 Å². The predicted octanol–water partition coefficient (Wildman–Crippen LogP) is 6.18. The van der Waals surface area contributed by atoms with Crippen molar-refractivity contribution in [3.8, 4) is 28.1 Å². The number of pyridine rings is 1. The number of nitrogens with two attached hydrogens (primary N) is 1. The zero-order valence-electron chi connectivity index (χ0n) is 16.6. The molecule has 1 aliphatic rings. The number of thiophene rings is 1. The number of benzene rings is 2. The molecule has 0 unspecified atom stereocenters. The Bertz CT molecular complexity index is 1340. The summed E-state index contributed by atoms with van der Waals surface area (Å²) in [5, 5.41) is 1.48. The summed E-state index contributed by atoms with van der Waals surface area (Å²) >= 11 is 7.97. The fourth-order valence-electron chi connectivity index (χ4n) is 4.27. The Morgan fingerprint density at radius 1 is 1.17 bits per heavy atom. The van der Waals surface area contributed by atoms with Crippen molar-refractivity contribution in [1.82, 2.24) is 4.98 Å². The van der Waals surface area contributed by atoms with Gasteiger partial charge in [-0.1, -0.05) is 29.8 Å². The van der Waals surface area contributed by atoms with Gasteiger partial charge in [-0.25, -0.2) is 4.98 Å². The lowest BCUT2D eigenvalue weighted by Crippen LogP contribution is -2.08. The van der Waals surface area contributed by atoms with Crippen molar-refractivity contribution in [1.29, 1.82) is 0 Å². The molecule has 30 heavy (non-hydrogen) atoms. The molecule has 2 aromatic carbocycles. The van der Waals surface area contributed by atoms with Crippen molar-refractivity contribution in [3.63, 3.8) is 0 Å². The number of carbonyl (C=O) groups excluding carboxylic acids is 1. The SMILES string of the molecule is COc1ccc2c(c1)CCc1c-2nc2sc(C(C)=O)c(N)c2c1-c1ccccc1Cl. The first kappa shape index (κ1) is 19.1. The molecule has 5 rings (SSSR count). The standard InChI is InChI=1S/C24H19ClN2O2S/c1-12(28)23-21(26)20-19(16-5-3-4-6-18(16)25)17-9-7-13-11-14(29-2)8-10-15(13)22(17)27-24(20)30-23/h3-6,8,10-11H,7,9,26H2,1-2H3. The van der Waals surface area contributed by atoms with Gasteiger partial charge in [-0.15, -0.1) is 11.3 Å². The number of halogens is 1. The first-order valence-electron chi connectivity index (χ1n) is 9.67. The number of aryl methyl sites for hydroxylation is 1. The number of fused-ring (bicyclic) bond motifs is 4. The van der Waals surface area contributed by atoms with Gasteiger partial charge in [-0.2, -0.15) is 0 Å². The van der Waals surface area contributed by atoms with Crippen molar-refractivity contribution in [3.05, 3.63) is 63.5 Å². The fourth-order valence-corrected chi connectivity index (χ4v) is 5.50. The molecule has 0 spiro atoms. The summed E-state index contributed by atoms with van der Waals surface area (Å²) in [4.78, 5) is 18.5. The Hall–Kier alpha value is -2.89. The Labute approximate surface area is 183 Å². The molecule has 0 saturated carbocycles. The van der Waals surface area contributed by atoms with Crippen LogP contribution in [0, 0.1) is 0 Å². The molecule has 4 aromatic rings. The number of carbonyl (C=O) groups is 1. The predicted molar refractivity (Wildman–Crippen MR) is 124 cm³/mol. The zero-order valence-corrected chi connectivity index (χ0v) is 18.2. The molecule has 0 atom stereocenters. The van der Waals surface area contributed by atoms with Crippen molar-refractivity contribution in [2.75, 3.05) is 12.8 Å². The third-order valence-electron chi connectivity index (χ3n) is 5.65. The van der Waals surface area contributed by atoms with Crippen LogP contribution in [-0.4, -0.2) is 17.9 Å². The van der Waals surface area contributed by atoms with Gasteiger partial charge in [0.2, 0.25) is 0 Å². The summed E-state index contributed by atoms with van der Waals surface area (Å²) in [6, 6.07) is 13.9. The lowest BCUT2D eigenvalue weighted by molar-refractivity contribution is 0.102. The van der Waals surface area contributed by atoms with Gasteiger partial charge in [0, 0.05) is 34.0 Å². The highest BCUT2D eigenvalue weighted by atomic mass is 35.5. The van der Waals surface area contributed by atoms with Gasteiger partial charge in [0.1, 0.15) is 10.6 Å². The highest BCUT2D eigenvalue weighted by Gasteiger charge is 2.28. The van der Waals surface area contributed by atoms with E-state index in [2.05, 4.69) is 12.1 Å². The number of nitrogen functional groups attached to an aromatic ring is 1. The number of hydrogen-bond acceptors (Lipinski definition) is 5. The molecule has 1 aliphatic carbocycles. The molecule has 0 saturated heterocycles. The molecule has 0 aliphatic heterocycles. The molecule has 4 nitrogen and oxygen atoms in total. The van der Waals surface area contributed by atoms with Crippen LogP contribution in [0.5, 0.6) is 5.75 Å². The largest absolute Gasteiger partial charge is 0.497 e. The van der Waals surface area contributed by atoms with Crippen molar-refractivity contribution in [2.24, 2.45) is 0 Å². The van der Waals surface area contributed by atoms with Gasteiger partial charge in [0.15, 0.2) is 5.78 Å². The van der Waals surface area contributed by atoms with E-state index < -0.39 is 0 Å². The van der Waals surface area contributed by atoms with Crippen molar-refractivity contribution < 1.29 is 9.53 Å². The van der Waals surface area contributed by atoms with Crippen LogP contribution in [0.3, 0.4) is 0 Å². The Morgan fingerprint density at radius 3 is 2.70 bits per heavy atom. The first-order chi connectivity index (χ1) is 14.5. The second-order valence-electron chi connectivity index (χ2n) is 7.40. The fraction of sp³-hybridized carbons (Fsp3) is 0.167. The number of hydrogen-bond donors (Lipinski definition) is 1. The smallest absolute Gasteiger partial charge is 0.171 e. The third kappa shape index (κ3) is 2.81. The van der Waals surface area contributed by atoms with Crippen LogP contribution in [0.2, 0.25) is 5.02 Å². The van der Waals surface area contributed by atoms with E-state index in [4.69, 9.17) is 27.1 Å². The third-order valence-corrected chi connectivity index (χ3v) is 7.18. The summed E-state index contributed by atoms with van der Waals surface area (Å²) in [5.74, 6) is 0.785. The van der Waals surface area contributed by atoms with Crippen LogP contribution >= 0.6 is 22.9 Å². The molecule has 0 radical (unpaired) electrons. The molecule has 0 amide bonds. The van der Waals surface area contributed by atoms with Crippen molar-refractivity contribution in [2.45, 2.75) is 19.8 Å². The van der Waals surface area contributed by atoms with E-state index in [1.165, 1.54) is 23.8 Å². The van der Waals surface area contributed by atoms with Crippen LogP contribution in [-0.2, 0) is 12.8 Å². The molecule has 6 heteroatoms. The second-order valence-corrected chi connectivity index (χ2v) is 8.80. The number of methoxy groups -OCH3 is 1. The lowest BCUT2D eigenvalue weighted by Gasteiger charge is -2.23. The molecule has 0 fully saturated rings. The molecule has 2 aromatic heterocycles. The van der Waals surface area contributed by atoms with Gasteiger partial charge in [-0.3, -0.25) is 4.79 Å². The number of ether oxygens (including phenoxy) is 1. The molecule has 2 N–H and O–H groups in total. The topological polar surface area (TPSA) is 65.2 Å². The number of rotatable bonds is 3. The Morgan fingerprint density at radius 2 is 1.97 bits per heavy atom. The molecule has 0 bridgehead atoms. The summed E-state index contributed by atoms with van der Waals surface area (Å²) in [5.41, 5.74) is 13.2.